The Morgan fingerprint density at radius 3 is 2.60 bits per heavy atom. The van der Waals surface area contributed by atoms with Gasteiger partial charge in [-0.05, 0) is 18.2 Å². The van der Waals surface area contributed by atoms with Crippen LogP contribution in [0.25, 0.3) is 0 Å². The van der Waals surface area contributed by atoms with Gasteiger partial charge in [0, 0.05) is 9.92 Å². The van der Waals surface area contributed by atoms with Crippen molar-refractivity contribution in [2.75, 3.05) is 5.43 Å². The van der Waals surface area contributed by atoms with Gasteiger partial charge in [0.05, 0.1) is 5.69 Å². The highest BCUT2D eigenvalue weighted by Crippen LogP contribution is 2.23. The van der Waals surface area contributed by atoms with Crippen molar-refractivity contribution in [1.82, 2.24) is 0 Å². The molecule has 0 atom stereocenters. The molecule has 4 nitrogen and oxygen atoms in total. The summed E-state index contributed by atoms with van der Waals surface area (Å²) >= 11 is 9.86. The zero-order valence-corrected chi connectivity index (χ0v) is 9.05. The molecule has 0 heterocycles. The summed E-state index contributed by atoms with van der Waals surface area (Å²) in [7, 11) is 0. The van der Waals surface area contributed by atoms with E-state index in [0.29, 0.717) is 15.6 Å². The van der Waals surface area contributed by atoms with Gasteiger partial charge in [0.15, 0.2) is 0 Å². The Bertz CT molecular complexity index is 468. The molecule has 0 aliphatic carbocycles. The van der Waals surface area contributed by atoms with E-state index in [4.69, 9.17) is 22.1 Å². The Morgan fingerprint density at radius 2 is 2.07 bits per heavy atom. The Hall–Kier alpha value is -1.69. The molecule has 74 valence electrons. The molecule has 0 saturated carbocycles. The number of benzene rings is 1. The van der Waals surface area contributed by atoms with Crippen molar-refractivity contribution in [2.24, 2.45) is 5.10 Å². The van der Waals surface area contributed by atoms with Crippen molar-refractivity contribution < 1.29 is 0 Å². The minimum absolute atomic E-state index is 0.252. The second-order valence-corrected chi connectivity index (χ2v) is 3.38. The molecule has 0 saturated heterocycles. The summed E-state index contributed by atoms with van der Waals surface area (Å²) in [6.07, 6.45) is 0. The van der Waals surface area contributed by atoms with E-state index in [1.807, 2.05) is 0 Å². The predicted octanol–water partition coefficient (Wildman–Crippen LogP) is 2.44. The zero-order valence-electron chi connectivity index (χ0n) is 7.40. The second-order valence-electron chi connectivity index (χ2n) is 2.46. The van der Waals surface area contributed by atoms with Gasteiger partial charge in [-0.2, -0.15) is 15.6 Å². The highest BCUT2D eigenvalue weighted by molar-refractivity contribution is 7.80. The van der Waals surface area contributed by atoms with Gasteiger partial charge >= 0.3 is 0 Å². The molecular weight excluding hydrogens is 232 g/mol. The van der Waals surface area contributed by atoms with E-state index in [1.54, 1.807) is 30.3 Å². The lowest BCUT2D eigenvalue weighted by Gasteiger charge is -2.03. The molecule has 1 aromatic carbocycles. The van der Waals surface area contributed by atoms with Crippen molar-refractivity contribution >= 4 is 35.6 Å². The Kier molecular flexibility index (Phi) is 3.99. The third kappa shape index (κ3) is 3.17. The largest absolute Gasteiger partial charge is 0.275 e. The van der Waals surface area contributed by atoms with Crippen LogP contribution in [-0.2, 0) is 0 Å². The minimum Gasteiger partial charge on any atom is -0.275 e. The van der Waals surface area contributed by atoms with E-state index in [0.717, 1.165) is 0 Å². The summed E-state index contributed by atoms with van der Waals surface area (Å²) in [6, 6.07) is 8.19. The Morgan fingerprint density at radius 1 is 1.40 bits per heavy atom. The molecule has 0 aliphatic heterocycles. The molecule has 0 unspecified atom stereocenters. The molecule has 0 spiro atoms. The van der Waals surface area contributed by atoms with E-state index in [-0.39, 0.29) is 5.71 Å². The van der Waals surface area contributed by atoms with Gasteiger partial charge in [0.2, 0.25) is 5.71 Å². The highest BCUT2D eigenvalue weighted by Gasteiger charge is 1.99. The fourth-order valence-electron chi connectivity index (χ4n) is 0.790. The number of nitriles is 2. The van der Waals surface area contributed by atoms with Gasteiger partial charge < -0.3 is 0 Å². The van der Waals surface area contributed by atoms with Crippen LogP contribution in [0.15, 0.2) is 28.2 Å². The topological polar surface area (TPSA) is 72.0 Å². The maximum absolute atomic E-state index is 8.43. The first-order chi connectivity index (χ1) is 7.17. The lowest BCUT2D eigenvalue weighted by Crippen LogP contribution is -1.96. The van der Waals surface area contributed by atoms with Gasteiger partial charge in [0.1, 0.15) is 12.1 Å². The average Bonchev–Trinajstić information content (AvgIpc) is 2.22. The number of halogens is 1. The van der Waals surface area contributed by atoms with Crippen molar-refractivity contribution in [3.8, 4) is 12.1 Å². The van der Waals surface area contributed by atoms with Crippen LogP contribution in [-0.4, -0.2) is 5.71 Å². The van der Waals surface area contributed by atoms with Crippen LogP contribution in [0.2, 0.25) is 5.02 Å². The minimum atomic E-state index is -0.252. The van der Waals surface area contributed by atoms with E-state index in [2.05, 4.69) is 23.2 Å². The number of thiol groups is 1. The molecular formula is C9H5ClN4S. The fraction of sp³-hybridized carbons (Fsp3) is 0. The molecule has 0 fully saturated rings. The Balaban J connectivity index is 2.89. The van der Waals surface area contributed by atoms with Crippen molar-refractivity contribution in [3.63, 3.8) is 0 Å². The maximum atomic E-state index is 8.43. The summed E-state index contributed by atoms with van der Waals surface area (Å²) in [5, 5.41) is 21.0. The van der Waals surface area contributed by atoms with Crippen molar-refractivity contribution in [2.45, 2.75) is 4.90 Å². The molecule has 0 amide bonds. The Labute approximate surface area is 97.2 Å². The van der Waals surface area contributed by atoms with Crippen LogP contribution < -0.4 is 5.43 Å². The first-order valence-electron chi connectivity index (χ1n) is 3.80. The molecule has 0 aliphatic rings. The van der Waals surface area contributed by atoms with E-state index in [1.165, 1.54) is 0 Å². The highest BCUT2D eigenvalue weighted by atomic mass is 35.5. The number of nitrogens with one attached hydrogen (secondary N) is 1. The van der Waals surface area contributed by atoms with Gasteiger partial charge in [-0.15, -0.1) is 12.6 Å². The van der Waals surface area contributed by atoms with Gasteiger partial charge in [0.25, 0.3) is 0 Å². The molecule has 1 aromatic rings. The normalized spacial score (nSPS) is 8.53. The van der Waals surface area contributed by atoms with Crippen LogP contribution >= 0.6 is 24.2 Å². The van der Waals surface area contributed by atoms with Crippen LogP contribution in [0.3, 0.4) is 0 Å². The summed E-state index contributed by atoms with van der Waals surface area (Å²) in [5.41, 5.74) is 2.87. The summed E-state index contributed by atoms with van der Waals surface area (Å²) in [4.78, 5) is 0.585. The number of anilines is 1. The molecule has 0 aromatic heterocycles. The zero-order chi connectivity index (χ0) is 11.3. The smallest absolute Gasteiger partial charge is 0.237 e. The monoisotopic (exact) mass is 236 g/mol. The number of hydrogen-bond acceptors (Lipinski definition) is 5. The van der Waals surface area contributed by atoms with Gasteiger partial charge in [-0.3, -0.25) is 5.43 Å². The molecule has 15 heavy (non-hydrogen) atoms. The SMILES string of the molecule is N#CC(C#N)=NNc1ccc(Cl)cc1S. The average molecular weight is 237 g/mol. The third-order valence-corrected chi connectivity index (χ3v) is 2.06. The predicted molar refractivity (Wildman–Crippen MR) is 61.0 cm³/mol. The van der Waals surface area contributed by atoms with Crippen LogP contribution in [0.5, 0.6) is 0 Å². The number of rotatable bonds is 2. The molecule has 1 N–H and O–H groups in total. The molecule has 1 rings (SSSR count). The lowest BCUT2D eigenvalue weighted by atomic mass is 10.3. The number of nitrogens with zero attached hydrogens (tertiary/aromatic N) is 3. The van der Waals surface area contributed by atoms with E-state index < -0.39 is 0 Å². The van der Waals surface area contributed by atoms with Crippen LogP contribution in [0.4, 0.5) is 5.69 Å². The quantitative estimate of drug-likeness (QED) is 0.471. The molecule has 6 heteroatoms. The summed E-state index contributed by atoms with van der Waals surface area (Å²) in [5.74, 6) is 0. The third-order valence-electron chi connectivity index (χ3n) is 1.46. The lowest BCUT2D eigenvalue weighted by molar-refractivity contribution is 1.29. The molecule has 0 bridgehead atoms. The molecule has 0 radical (unpaired) electrons. The van der Waals surface area contributed by atoms with Gasteiger partial charge in [-0.1, -0.05) is 11.6 Å². The summed E-state index contributed by atoms with van der Waals surface area (Å²) < 4.78 is 0. The van der Waals surface area contributed by atoms with Crippen LogP contribution in [0, 0.1) is 22.7 Å². The van der Waals surface area contributed by atoms with E-state index in [9.17, 15) is 0 Å². The first kappa shape index (κ1) is 11.4. The first-order valence-corrected chi connectivity index (χ1v) is 4.62. The maximum Gasteiger partial charge on any atom is 0.237 e. The van der Waals surface area contributed by atoms with Gasteiger partial charge in [-0.25, -0.2) is 0 Å². The fourth-order valence-corrected chi connectivity index (χ4v) is 1.30. The standard InChI is InChI=1S/C9H5ClN4S/c10-6-1-2-8(9(15)3-6)14-13-7(4-11)5-12/h1-3,14-15H. The number of hydrogen-bond donors (Lipinski definition) is 2. The summed E-state index contributed by atoms with van der Waals surface area (Å²) in [6.45, 7) is 0. The van der Waals surface area contributed by atoms with Crippen LogP contribution in [0.1, 0.15) is 0 Å². The van der Waals surface area contributed by atoms with E-state index >= 15 is 0 Å². The second kappa shape index (κ2) is 5.26. The number of hydrazone groups is 1. The van der Waals surface area contributed by atoms with Crippen molar-refractivity contribution in [1.29, 1.82) is 10.5 Å². The van der Waals surface area contributed by atoms with Crippen molar-refractivity contribution in [3.05, 3.63) is 23.2 Å².